The Balaban J connectivity index is 1.52. The Morgan fingerprint density at radius 1 is 1.24 bits per heavy atom. The highest BCUT2D eigenvalue weighted by molar-refractivity contribution is 5.67. The van der Waals surface area contributed by atoms with Gasteiger partial charge in [-0.25, -0.2) is 4.79 Å². The molecule has 5 atom stereocenters. The van der Waals surface area contributed by atoms with Gasteiger partial charge in [0.25, 0.3) is 0 Å². The molecule has 4 rings (SSSR count). The standard InChI is InChI=1S/C24H30F3N3O3/c1-28-11-12-29-23(31)32-14-17-8-9-18-21(15-5-3-2-4-6-15)30-20-10-7-16(24(25,26)27)13-19(20)22(18)33-17/h2-5,7,10,13,15,17-18,21-22,28,30H,6,8-9,11-12,14H2,1H3,(H,29,31)/t15?,17-,18+,21+,22+/m1/s1. The zero-order valence-corrected chi connectivity index (χ0v) is 18.5. The van der Waals surface area contributed by atoms with Crippen molar-refractivity contribution >= 4 is 11.8 Å². The number of carbonyl (C=O) groups is 1. The van der Waals surface area contributed by atoms with Crippen molar-refractivity contribution in [1.82, 2.24) is 10.6 Å². The molecule has 1 aliphatic carbocycles. The van der Waals surface area contributed by atoms with E-state index in [1.54, 1.807) is 7.05 Å². The van der Waals surface area contributed by atoms with Crippen LogP contribution in [0.5, 0.6) is 0 Å². The molecule has 1 amide bonds. The largest absolute Gasteiger partial charge is 0.447 e. The third kappa shape index (κ3) is 5.52. The number of alkyl halides is 3. The van der Waals surface area contributed by atoms with Crippen LogP contribution < -0.4 is 16.0 Å². The van der Waals surface area contributed by atoms with E-state index in [4.69, 9.17) is 9.47 Å². The van der Waals surface area contributed by atoms with Gasteiger partial charge in [-0.1, -0.05) is 24.3 Å². The molecule has 1 fully saturated rings. The van der Waals surface area contributed by atoms with Gasteiger partial charge in [-0.3, -0.25) is 0 Å². The summed E-state index contributed by atoms with van der Waals surface area (Å²) in [6.45, 7) is 1.12. The highest BCUT2D eigenvalue weighted by atomic mass is 19.4. The molecule has 0 aromatic heterocycles. The fraction of sp³-hybridized carbons (Fsp3) is 0.542. The van der Waals surface area contributed by atoms with Gasteiger partial charge < -0.3 is 25.4 Å². The predicted molar refractivity (Wildman–Crippen MR) is 119 cm³/mol. The number of benzene rings is 1. The van der Waals surface area contributed by atoms with Crippen molar-refractivity contribution in [3.05, 3.63) is 53.6 Å². The number of hydrogen-bond acceptors (Lipinski definition) is 5. The third-order valence-corrected chi connectivity index (χ3v) is 6.54. The van der Waals surface area contributed by atoms with Crippen LogP contribution in [-0.4, -0.2) is 45.0 Å². The monoisotopic (exact) mass is 465 g/mol. The van der Waals surface area contributed by atoms with Gasteiger partial charge in [-0.15, -0.1) is 0 Å². The lowest BCUT2D eigenvalue weighted by Gasteiger charge is -2.47. The number of hydrogen-bond donors (Lipinski definition) is 3. The summed E-state index contributed by atoms with van der Waals surface area (Å²) in [5, 5.41) is 9.07. The normalized spacial score (nSPS) is 28.4. The Bertz CT molecular complexity index is 903. The number of amides is 1. The topological polar surface area (TPSA) is 71.6 Å². The molecule has 2 aliphatic heterocycles. The quantitative estimate of drug-likeness (QED) is 0.543. The number of fused-ring (bicyclic) bond motifs is 3. The Morgan fingerprint density at radius 2 is 2.09 bits per heavy atom. The van der Waals surface area contributed by atoms with E-state index in [1.807, 2.05) is 12.2 Å². The Morgan fingerprint density at radius 3 is 2.82 bits per heavy atom. The molecule has 1 saturated heterocycles. The summed E-state index contributed by atoms with van der Waals surface area (Å²) in [7, 11) is 1.78. The van der Waals surface area contributed by atoms with E-state index in [0.29, 0.717) is 30.8 Å². The molecule has 1 aromatic rings. The first kappa shape index (κ1) is 23.6. The van der Waals surface area contributed by atoms with Crippen molar-refractivity contribution in [1.29, 1.82) is 0 Å². The van der Waals surface area contributed by atoms with Crippen molar-refractivity contribution in [2.24, 2.45) is 11.8 Å². The zero-order chi connectivity index (χ0) is 23.4. The summed E-state index contributed by atoms with van der Waals surface area (Å²) in [6.07, 6.45) is 4.75. The maximum Gasteiger partial charge on any atom is 0.416 e. The molecule has 0 radical (unpaired) electrons. The average Bonchev–Trinajstić information content (AvgIpc) is 2.82. The molecule has 9 heteroatoms. The van der Waals surface area contributed by atoms with Gasteiger partial charge in [-0.2, -0.15) is 13.2 Å². The molecule has 1 unspecified atom stereocenters. The molecule has 0 saturated carbocycles. The van der Waals surface area contributed by atoms with Crippen LogP contribution >= 0.6 is 0 Å². The SMILES string of the molecule is CNCCNC(=O)OC[C@H]1CC[C@@H]2[C@H](O1)c1cc(C(F)(F)F)ccc1N[C@H]2C1C=CC=CC1. The maximum atomic E-state index is 13.4. The fourth-order valence-electron chi connectivity index (χ4n) is 4.89. The highest BCUT2D eigenvalue weighted by Gasteiger charge is 2.45. The van der Waals surface area contributed by atoms with Crippen LogP contribution in [0.1, 0.15) is 36.5 Å². The molecule has 180 valence electrons. The highest BCUT2D eigenvalue weighted by Crippen LogP contribution is 2.49. The van der Waals surface area contributed by atoms with E-state index < -0.39 is 23.9 Å². The smallest absolute Gasteiger partial charge is 0.416 e. The molecule has 2 heterocycles. The first-order chi connectivity index (χ1) is 15.9. The third-order valence-electron chi connectivity index (χ3n) is 6.54. The first-order valence-corrected chi connectivity index (χ1v) is 11.4. The number of nitrogens with one attached hydrogen (secondary N) is 3. The molecule has 33 heavy (non-hydrogen) atoms. The zero-order valence-electron chi connectivity index (χ0n) is 18.5. The van der Waals surface area contributed by atoms with Crippen LogP contribution in [0.2, 0.25) is 0 Å². The van der Waals surface area contributed by atoms with Crippen LogP contribution in [-0.2, 0) is 15.7 Å². The molecule has 1 aromatic carbocycles. The number of alkyl carbamates (subject to hydrolysis) is 1. The van der Waals surface area contributed by atoms with Gasteiger partial charge in [0.2, 0.25) is 0 Å². The molecular formula is C24H30F3N3O3. The van der Waals surface area contributed by atoms with Gasteiger partial charge in [-0.05, 0) is 44.5 Å². The van der Waals surface area contributed by atoms with Gasteiger partial charge >= 0.3 is 12.3 Å². The molecule has 3 N–H and O–H groups in total. The molecule has 0 bridgehead atoms. The number of rotatable bonds is 6. The van der Waals surface area contributed by atoms with Crippen molar-refractivity contribution in [3.8, 4) is 0 Å². The van der Waals surface area contributed by atoms with Crippen molar-refractivity contribution in [2.75, 3.05) is 32.1 Å². The summed E-state index contributed by atoms with van der Waals surface area (Å²) in [6, 6.07) is 3.86. The second-order valence-corrected chi connectivity index (χ2v) is 8.73. The summed E-state index contributed by atoms with van der Waals surface area (Å²) in [4.78, 5) is 11.9. The Labute approximate surface area is 191 Å². The van der Waals surface area contributed by atoms with E-state index in [2.05, 4.69) is 28.1 Å². The number of halogens is 3. The molecule has 3 aliphatic rings. The lowest BCUT2D eigenvalue weighted by Crippen LogP contribution is -2.47. The van der Waals surface area contributed by atoms with E-state index in [9.17, 15) is 18.0 Å². The van der Waals surface area contributed by atoms with Crippen LogP contribution in [0.3, 0.4) is 0 Å². The van der Waals surface area contributed by atoms with E-state index >= 15 is 0 Å². The maximum absolute atomic E-state index is 13.4. The van der Waals surface area contributed by atoms with Crippen LogP contribution in [0.4, 0.5) is 23.7 Å². The van der Waals surface area contributed by atoms with Crippen LogP contribution in [0, 0.1) is 11.8 Å². The minimum Gasteiger partial charge on any atom is -0.447 e. The summed E-state index contributed by atoms with van der Waals surface area (Å²) >= 11 is 0. The van der Waals surface area contributed by atoms with Crippen LogP contribution in [0.15, 0.2) is 42.5 Å². The average molecular weight is 466 g/mol. The number of carbonyl (C=O) groups excluding carboxylic acids is 1. The van der Waals surface area contributed by atoms with Gasteiger partial charge in [0.05, 0.1) is 17.8 Å². The van der Waals surface area contributed by atoms with E-state index in [-0.39, 0.29) is 30.6 Å². The fourth-order valence-corrected chi connectivity index (χ4v) is 4.89. The second-order valence-electron chi connectivity index (χ2n) is 8.73. The van der Waals surface area contributed by atoms with Crippen molar-refractivity contribution in [3.63, 3.8) is 0 Å². The second kappa shape index (κ2) is 10.2. The molecule has 0 spiro atoms. The van der Waals surface area contributed by atoms with Gasteiger partial charge in [0, 0.05) is 42.2 Å². The van der Waals surface area contributed by atoms with E-state index in [1.165, 1.54) is 12.1 Å². The Kier molecular flexibility index (Phi) is 7.29. The number of likely N-dealkylation sites (N-methyl/N-ethyl adjacent to an activating group) is 1. The lowest BCUT2D eigenvalue weighted by molar-refractivity contribution is -0.138. The van der Waals surface area contributed by atoms with Gasteiger partial charge in [0.15, 0.2) is 0 Å². The Hall–Kier alpha value is -2.52. The number of anilines is 1. The summed E-state index contributed by atoms with van der Waals surface area (Å²) < 4.78 is 51.9. The minimum absolute atomic E-state index is 0.0165. The van der Waals surface area contributed by atoms with Crippen molar-refractivity contribution < 1.29 is 27.4 Å². The first-order valence-electron chi connectivity index (χ1n) is 11.4. The minimum atomic E-state index is -4.43. The number of ether oxygens (including phenoxy) is 2. The summed E-state index contributed by atoms with van der Waals surface area (Å²) in [5.74, 6) is 0.245. The molecule has 6 nitrogen and oxygen atoms in total. The summed E-state index contributed by atoms with van der Waals surface area (Å²) in [5.41, 5.74) is 0.500. The van der Waals surface area contributed by atoms with Gasteiger partial charge in [0.1, 0.15) is 6.61 Å². The predicted octanol–water partition coefficient (Wildman–Crippen LogP) is 4.41. The van der Waals surface area contributed by atoms with E-state index in [0.717, 1.165) is 18.9 Å². The van der Waals surface area contributed by atoms with Crippen LogP contribution in [0.25, 0.3) is 0 Å². The number of allylic oxidation sites excluding steroid dienone is 3. The lowest BCUT2D eigenvalue weighted by atomic mass is 9.73. The molecular weight excluding hydrogens is 435 g/mol. The van der Waals surface area contributed by atoms with Crippen molar-refractivity contribution in [2.45, 2.75) is 43.7 Å².